The van der Waals surface area contributed by atoms with Gasteiger partial charge in [-0.15, -0.1) is 0 Å². The van der Waals surface area contributed by atoms with Crippen molar-refractivity contribution in [1.29, 1.82) is 0 Å². The number of aromatic nitrogens is 2. The number of ether oxygens (including phenoxy) is 1. The molecule has 1 fully saturated rings. The first-order chi connectivity index (χ1) is 12.4. The summed E-state index contributed by atoms with van der Waals surface area (Å²) >= 11 is 6.00. The molecule has 0 aliphatic carbocycles. The Balaban J connectivity index is 1.86. The molecule has 2 aromatic rings. The largest absolute Gasteiger partial charge is 0.434 e. The van der Waals surface area contributed by atoms with Crippen LogP contribution >= 0.6 is 11.6 Å². The molecule has 0 bridgehead atoms. The highest BCUT2D eigenvalue weighted by molar-refractivity contribution is 6.31. The minimum Gasteiger partial charge on any atom is -0.434 e. The van der Waals surface area contributed by atoms with E-state index in [0.717, 1.165) is 31.7 Å². The number of nitrogens with zero attached hydrogens (tertiary/aromatic N) is 5. The molecular weight excluding hydrogens is 360 g/mol. The highest BCUT2D eigenvalue weighted by atomic mass is 35.5. The predicted octanol–water partition coefficient (Wildman–Crippen LogP) is 2.71. The molecule has 9 nitrogen and oxygen atoms in total. The number of rotatable bonds is 5. The zero-order valence-corrected chi connectivity index (χ0v) is 15.2. The Morgan fingerprint density at radius 2 is 2.00 bits per heavy atom. The summed E-state index contributed by atoms with van der Waals surface area (Å²) in [7, 11) is 2.03. The third kappa shape index (κ3) is 4.18. The fourth-order valence-electron chi connectivity index (χ4n) is 2.54. The van der Waals surface area contributed by atoms with Crippen LogP contribution in [0.1, 0.15) is 5.56 Å². The second-order valence-corrected chi connectivity index (χ2v) is 6.46. The first-order valence-electron chi connectivity index (χ1n) is 8.07. The van der Waals surface area contributed by atoms with Crippen LogP contribution in [-0.4, -0.2) is 58.0 Å². The Morgan fingerprint density at radius 1 is 1.27 bits per heavy atom. The highest BCUT2D eigenvalue weighted by Crippen LogP contribution is 2.35. The number of hydrogen-bond acceptors (Lipinski definition) is 8. The maximum absolute atomic E-state index is 11.6. The van der Waals surface area contributed by atoms with Crippen molar-refractivity contribution in [3.63, 3.8) is 0 Å². The van der Waals surface area contributed by atoms with E-state index < -0.39 is 4.92 Å². The fraction of sp³-hybridized carbons (Fsp3) is 0.375. The standard InChI is InChI=1S/C16H19ClN6O3/c1-11-9-12(3-4-13(11)17)26-16-14(23(24)25)15(18-10-19-16)20-22-7-5-21(2)6-8-22/h3-4,9-10H,5-8H2,1-2H3,(H,18,19,20). The molecule has 0 amide bonds. The molecule has 1 aromatic heterocycles. The molecule has 0 atom stereocenters. The van der Waals surface area contributed by atoms with Gasteiger partial charge in [-0.05, 0) is 37.7 Å². The second kappa shape index (κ2) is 7.81. The van der Waals surface area contributed by atoms with E-state index >= 15 is 0 Å². The van der Waals surface area contributed by atoms with Gasteiger partial charge in [0.15, 0.2) is 0 Å². The van der Waals surface area contributed by atoms with Gasteiger partial charge < -0.3 is 9.64 Å². The summed E-state index contributed by atoms with van der Waals surface area (Å²) in [6.45, 7) is 5.00. The van der Waals surface area contributed by atoms with Crippen LogP contribution in [0, 0.1) is 17.0 Å². The lowest BCUT2D eigenvalue weighted by Gasteiger charge is -2.32. The first kappa shape index (κ1) is 18.3. The van der Waals surface area contributed by atoms with Crippen LogP contribution in [-0.2, 0) is 0 Å². The minimum absolute atomic E-state index is 0.107. The summed E-state index contributed by atoms with van der Waals surface area (Å²) < 4.78 is 5.64. The smallest absolute Gasteiger partial charge is 0.374 e. The van der Waals surface area contributed by atoms with Crippen molar-refractivity contribution in [3.05, 3.63) is 45.2 Å². The lowest BCUT2D eigenvalue weighted by Crippen LogP contribution is -2.47. The molecule has 1 N–H and O–H groups in total. The topological polar surface area (TPSA) is 96.7 Å². The van der Waals surface area contributed by atoms with Gasteiger partial charge in [-0.1, -0.05) is 11.6 Å². The molecule has 10 heteroatoms. The van der Waals surface area contributed by atoms with E-state index in [2.05, 4.69) is 20.3 Å². The van der Waals surface area contributed by atoms with Crippen LogP contribution < -0.4 is 10.2 Å². The predicted molar refractivity (Wildman–Crippen MR) is 97.6 cm³/mol. The normalized spacial score (nSPS) is 15.7. The number of likely N-dealkylation sites (N-methyl/N-ethyl adjacent to an activating group) is 1. The molecule has 1 saturated heterocycles. The highest BCUT2D eigenvalue weighted by Gasteiger charge is 2.27. The van der Waals surface area contributed by atoms with Crippen molar-refractivity contribution in [2.24, 2.45) is 0 Å². The van der Waals surface area contributed by atoms with Crippen molar-refractivity contribution < 1.29 is 9.66 Å². The molecule has 3 rings (SSSR count). The third-order valence-electron chi connectivity index (χ3n) is 4.08. The Morgan fingerprint density at radius 3 is 2.65 bits per heavy atom. The number of hydrazine groups is 1. The summed E-state index contributed by atoms with van der Waals surface area (Å²) in [6.07, 6.45) is 1.24. The van der Waals surface area contributed by atoms with Gasteiger partial charge in [0.1, 0.15) is 12.1 Å². The van der Waals surface area contributed by atoms with Crippen LogP contribution in [0.5, 0.6) is 11.6 Å². The SMILES string of the molecule is Cc1cc(Oc2ncnc(NN3CCN(C)CC3)c2[N+](=O)[O-])ccc1Cl. The van der Waals surface area contributed by atoms with Gasteiger partial charge in [-0.25, -0.2) is 9.99 Å². The van der Waals surface area contributed by atoms with E-state index in [9.17, 15) is 10.1 Å². The number of anilines is 1. The molecule has 0 unspecified atom stereocenters. The van der Waals surface area contributed by atoms with Crippen molar-refractivity contribution in [2.75, 3.05) is 38.7 Å². The molecule has 26 heavy (non-hydrogen) atoms. The van der Waals surface area contributed by atoms with Gasteiger partial charge in [-0.3, -0.25) is 15.5 Å². The van der Waals surface area contributed by atoms with Gasteiger partial charge in [0.05, 0.1) is 4.92 Å². The number of halogens is 1. The van der Waals surface area contributed by atoms with E-state index in [1.807, 2.05) is 19.0 Å². The Bertz CT molecular complexity index is 811. The van der Waals surface area contributed by atoms with Gasteiger partial charge in [0.2, 0.25) is 5.82 Å². The van der Waals surface area contributed by atoms with E-state index in [1.165, 1.54) is 6.33 Å². The maximum Gasteiger partial charge on any atom is 0.374 e. The van der Waals surface area contributed by atoms with E-state index in [1.54, 1.807) is 18.2 Å². The number of hydrogen-bond donors (Lipinski definition) is 1. The summed E-state index contributed by atoms with van der Waals surface area (Å²) in [5, 5.41) is 14.1. The lowest BCUT2D eigenvalue weighted by molar-refractivity contribution is -0.385. The monoisotopic (exact) mass is 378 g/mol. The number of piperazine rings is 1. The molecule has 138 valence electrons. The molecule has 0 saturated carbocycles. The fourth-order valence-corrected chi connectivity index (χ4v) is 2.66. The third-order valence-corrected chi connectivity index (χ3v) is 4.51. The van der Waals surface area contributed by atoms with Crippen LogP contribution in [0.25, 0.3) is 0 Å². The van der Waals surface area contributed by atoms with Crippen LogP contribution in [0.3, 0.4) is 0 Å². The second-order valence-electron chi connectivity index (χ2n) is 6.05. The lowest BCUT2D eigenvalue weighted by atomic mass is 10.2. The van der Waals surface area contributed by atoms with Gasteiger partial charge >= 0.3 is 11.6 Å². The van der Waals surface area contributed by atoms with E-state index in [0.29, 0.717) is 10.8 Å². The van der Waals surface area contributed by atoms with E-state index in [4.69, 9.17) is 16.3 Å². The number of aryl methyl sites for hydroxylation is 1. The molecule has 1 aliphatic rings. The van der Waals surface area contributed by atoms with Crippen molar-refractivity contribution in [2.45, 2.75) is 6.92 Å². The Kier molecular flexibility index (Phi) is 5.50. The quantitative estimate of drug-likeness (QED) is 0.626. The average Bonchev–Trinajstić information content (AvgIpc) is 2.60. The number of nitrogens with one attached hydrogen (secondary N) is 1. The summed E-state index contributed by atoms with van der Waals surface area (Å²) in [5.41, 5.74) is 3.51. The summed E-state index contributed by atoms with van der Waals surface area (Å²) in [5.74, 6) is 0.401. The first-order valence-corrected chi connectivity index (χ1v) is 8.45. The molecule has 1 aromatic carbocycles. The zero-order chi connectivity index (χ0) is 18.7. The van der Waals surface area contributed by atoms with Crippen LogP contribution in [0.4, 0.5) is 11.5 Å². The Hall–Kier alpha value is -2.49. The van der Waals surface area contributed by atoms with Gasteiger partial charge in [0, 0.05) is 31.2 Å². The number of nitro groups is 1. The molecular formula is C16H19ClN6O3. The minimum atomic E-state index is -0.545. The molecule has 1 aliphatic heterocycles. The van der Waals surface area contributed by atoms with Crippen molar-refractivity contribution in [1.82, 2.24) is 19.9 Å². The van der Waals surface area contributed by atoms with Gasteiger partial charge in [0.25, 0.3) is 0 Å². The van der Waals surface area contributed by atoms with Crippen molar-refractivity contribution in [3.8, 4) is 11.6 Å². The van der Waals surface area contributed by atoms with Crippen LogP contribution in [0.15, 0.2) is 24.5 Å². The molecule has 0 spiro atoms. The molecule has 2 heterocycles. The van der Waals surface area contributed by atoms with Crippen molar-refractivity contribution >= 4 is 23.1 Å². The van der Waals surface area contributed by atoms with E-state index in [-0.39, 0.29) is 17.4 Å². The molecule has 0 radical (unpaired) electrons. The van der Waals surface area contributed by atoms with Crippen LogP contribution in [0.2, 0.25) is 5.02 Å². The number of benzene rings is 1. The zero-order valence-electron chi connectivity index (χ0n) is 14.5. The summed E-state index contributed by atoms with van der Waals surface area (Å²) in [4.78, 5) is 21.2. The van der Waals surface area contributed by atoms with Gasteiger partial charge in [-0.2, -0.15) is 4.98 Å². The average molecular weight is 379 g/mol. The summed E-state index contributed by atoms with van der Waals surface area (Å²) in [6, 6.07) is 5.00. The maximum atomic E-state index is 11.6. The Labute approximate surface area is 155 Å².